The minimum absolute atomic E-state index is 0.210. The van der Waals surface area contributed by atoms with Crippen LogP contribution in [-0.4, -0.2) is 10.9 Å². The molecule has 1 aromatic heterocycles. The second kappa shape index (κ2) is 5.46. The second-order valence-corrected chi connectivity index (χ2v) is 4.97. The van der Waals surface area contributed by atoms with Crippen molar-refractivity contribution in [2.75, 3.05) is 0 Å². The van der Waals surface area contributed by atoms with Crippen LogP contribution < -0.4 is 11.1 Å². The molecule has 3 aromatic rings. The number of aromatic amines is 1. The molecule has 0 aliphatic carbocycles. The summed E-state index contributed by atoms with van der Waals surface area (Å²) in [7, 11) is 0. The number of H-pyrrole nitrogens is 1. The Hall–Kier alpha value is -2.53. The zero-order valence-electron chi connectivity index (χ0n) is 10.9. The van der Waals surface area contributed by atoms with Crippen LogP contribution in [0.1, 0.15) is 15.9 Å². The maximum atomic E-state index is 12.0. The molecule has 0 unspecified atom stereocenters. The molecule has 0 saturated carbocycles. The number of amides is 1. The third-order valence-corrected chi connectivity index (χ3v) is 3.26. The van der Waals surface area contributed by atoms with E-state index >= 15 is 0 Å². The van der Waals surface area contributed by atoms with Gasteiger partial charge in [-0.05, 0) is 35.9 Å². The maximum Gasteiger partial charge on any atom is 0.417 e. The van der Waals surface area contributed by atoms with Crippen molar-refractivity contribution in [3.05, 3.63) is 69.2 Å². The van der Waals surface area contributed by atoms with Crippen LogP contribution in [0.5, 0.6) is 0 Å². The number of halogens is 1. The lowest BCUT2D eigenvalue weighted by atomic mass is 10.2. The first-order valence-corrected chi connectivity index (χ1v) is 6.65. The van der Waals surface area contributed by atoms with Crippen molar-refractivity contribution < 1.29 is 9.21 Å². The number of nitrogens with one attached hydrogen (secondary N) is 2. The van der Waals surface area contributed by atoms with Crippen LogP contribution in [-0.2, 0) is 6.54 Å². The fraction of sp³-hybridized carbons (Fsp3) is 0.0667. The van der Waals surface area contributed by atoms with Gasteiger partial charge in [0.2, 0.25) is 0 Å². The highest BCUT2D eigenvalue weighted by Gasteiger charge is 2.07. The Morgan fingerprint density at radius 2 is 2.10 bits per heavy atom. The average molecular weight is 303 g/mol. The lowest BCUT2D eigenvalue weighted by Gasteiger charge is -2.05. The van der Waals surface area contributed by atoms with E-state index in [0.29, 0.717) is 28.2 Å². The normalized spacial score (nSPS) is 10.7. The number of rotatable bonds is 3. The van der Waals surface area contributed by atoms with E-state index in [1.807, 2.05) is 0 Å². The molecule has 0 bridgehead atoms. The molecule has 0 aliphatic rings. The van der Waals surface area contributed by atoms with Gasteiger partial charge in [0.15, 0.2) is 5.58 Å². The molecular formula is C15H11ClN2O3. The first-order chi connectivity index (χ1) is 10.1. The van der Waals surface area contributed by atoms with E-state index in [-0.39, 0.29) is 5.91 Å². The highest BCUT2D eigenvalue weighted by atomic mass is 35.5. The van der Waals surface area contributed by atoms with Crippen molar-refractivity contribution in [2.45, 2.75) is 6.54 Å². The number of carbonyl (C=O) groups excluding carboxylic acids is 1. The maximum absolute atomic E-state index is 12.0. The van der Waals surface area contributed by atoms with Gasteiger partial charge in [-0.2, -0.15) is 0 Å². The number of hydrogen-bond acceptors (Lipinski definition) is 3. The molecule has 0 saturated heterocycles. The van der Waals surface area contributed by atoms with E-state index in [2.05, 4.69) is 10.3 Å². The lowest BCUT2D eigenvalue weighted by Crippen LogP contribution is -2.22. The molecule has 106 valence electrons. The summed E-state index contributed by atoms with van der Waals surface area (Å²) in [6.45, 7) is 0.342. The number of hydrogen-bond donors (Lipinski definition) is 2. The Bertz CT molecular complexity index is 866. The molecule has 0 aliphatic heterocycles. The largest absolute Gasteiger partial charge is 0.417 e. The first kappa shape index (κ1) is 13.5. The highest BCUT2D eigenvalue weighted by Crippen LogP contribution is 2.13. The van der Waals surface area contributed by atoms with Gasteiger partial charge in [-0.25, -0.2) is 4.79 Å². The summed E-state index contributed by atoms with van der Waals surface area (Å²) in [4.78, 5) is 25.6. The molecule has 2 aromatic carbocycles. The molecule has 21 heavy (non-hydrogen) atoms. The van der Waals surface area contributed by atoms with Crippen molar-refractivity contribution in [1.82, 2.24) is 10.3 Å². The summed E-state index contributed by atoms with van der Waals surface area (Å²) in [6.07, 6.45) is 0. The number of carbonyl (C=O) groups is 1. The van der Waals surface area contributed by atoms with Crippen molar-refractivity contribution >= 4 is 28.6 Å². The Kier molecular flexibility index (Phi) is 3.50. The van der Waals surface area contributed by atoms with E-state index in [4.69, 9.17) is 16.0 Å². The molecule has 6 heteroatoms. The first-order valence-electron chi connectivity index (χ1n) is 6.27. The van der Waals surface area contributed by atoms with Gasteiger partial charge >= 0.3 is 5.76 Å². The van der Waals surface area contributed by atoms with Crippen molar-refractivity contribution in [3.8, 4) is 0 Å². The number of benzene rings is 2. The van der Waals surface area contributed by atoms with Crippen LogP contribution >= 0.6 is 11.6 Å². The standard InChI is InChI=1S/C15H11ClN2O3/c16-11-3-1-2-10(7-11)14(19)17-8-9-4-5-13-12(6-9)18-15(20)21-13/h1-7H,8H2,(H,17,19)(H,18,20). The molecule has 0 fully saturated rings. The van der Waals surface area contributed by atoms with Crippen LogP contribution in [0.3, 0.4) is 0 Å². The topological polar surface area (TPSA) is 75.1 Å². The summed E-state index contributed by atoms with van der Waals surface area (Å²) in [5.41, 5.74) is 2.45. The average Bonchev–Trinajstić information content (AvgIpc) is 2.84. The number of oxazole rings is 1. The second-order valence-electron chi connectivity index (χ2n) is 4.54. The summed E-state index contributed by atoms with van der Waals surface area (Å²) in [5, 5.41) is 3.31. The Balaban J connectivity index is 1.73. The zero-order valence-corrected chi connectivity index (χ0v) is 11.6. The predicted molar refractivity (Wildman–Crippen MR) is 79.5 cm³/mol. The van der Waals surface area contributed by atoms with Crippen molar-refractivity contribution in [1.29, 1.82) is 0 Å². The van der Waals surface area contributed by atoms with Crippen LogP contribution in [0, 0.1) is 0 Å². The van der Waals surface area contributed by atoms with Crippen LogP contribution in [0.2, 0.25) is 5.02 Å². The van der Waals surface area contributed by atoms with Gasteiger partial charge in [0, 0.05) is 17.1 Å². The molecule has 5 nitrogen and oxygen atoms in total. The minimum Gasteiger partial charge on any atom is -0.408 e. The summed E-state index contributed by atoms with van der Waals surface area (Å²) in [6, 6.07) is 12.0. The van der Waals surface area contributed by atoms with E-state index < -0.39 is 5.76 Å². The van der Waals surface area contributed by atoms with Gasteiger partial charge in [-0.3, -0.25) is 9.78 Å². The molecule has 1 amide bonds. The fourth-order valence-electron chi connectivity index (χ4n) is 2.02. The van der Waals surface area contributed by atoms with Crippen molar-refractivity contribution in [2.24, 2.45) is 0 Å². The summed E-state index contributed by atoms with van der Waals surface area (Å²) < 4.78 is 4.92. The van der Waals surface area contributed by atoms with E-state index in [1.165, 1.54) is 0 Å². The van der Waals surface area contributed by atoms with Gasteiger partial charge in [-0.1, -0.05) is 23.7 Å². The third kappa shape index (κ3) is 2.98. The smallest absolute Gasteiger partial charge is 0.408 e. The van der Waals surface area contributed by atoms with Crippen LogP contribution in [0.25, 0.3) is 11.1 Å². The van der Waals surface area contributed by atoms with Crippen LogP contribution in [0.15, 0.2) is 51.7 Å². The number of aromatic nitrogens is 1. The fourth-order valence-corrected chi connectivity index (χ4v) is 2.21. The van der Waals surface area contributed by atoms with Gasteiger partial charge in [0.1, 0.15) is 0 Å². The zero-order chi connectivity index (χ0) is 14.8. The van der Waals surface area contributed by atoms with Gasteiger partial charge in [0.25, 0.3) is 5.91 Å². The summed E-state index contributed by atoms with van der Waals surface area (Å²) >= 11 is 5.85. The Morgan fingerprint density at radius 1 is 1.24 bits per heavy atom. The summed E-state index contributed by atoms with van der Waals surface area (Å²) in [5.74, 6) is -0.705. The molecule has 2 N–H and O–H groups in total. The molecular weight excluding hydrogens is 292 g/mol. The van der Waals surface area contributed by atoms with Crippen LogP contribution in [0.4, 0.5) is 0 Å². The molecule has 1 heterocycles. The molecule has 3 rings (SSSR count). The molecule has 0 spiro atoms. The minimum atomic E-state index is -0.495. The Labute approximate surface area is 124 Å². The van der Waals surface area contributed by atoms with E-state index in [9.17, 15) is 9.59 Å². The van der Waals surface area contributed by atoms with Crippen molar-refractivity contribution in [3.63, 3.8) is 0 Å². The monoisotopic (exact) mass is 302 g/mol. The SMILES string of the molecule is O=C(NCc1ccc2oc(=O)[nH]c2c1)c1cccc(Cl)c1. The van der Waals surface area contributed by atoms with Gasteiger partial charge < -0.3 is 9.73 Å². The lowest BCUT2D eigenvalue weighted by molar-refractivity contribution is 0.0951. The predicted octanol–water partition coefficient (Wildman–Crippen LogP) is 2.70. The highest BCUT2D eigenvalue weighted by molar-refractivity contribution is 6.30. The molecule has 0 atom stereocenters. The van der Waals surface area contributed by atoms with E-state index in [0.717, 1.165) is 5.56 Å². The quantitative estimate of drug-likeness (QED) is 0.781. The third-order valence-electron chi connectivity index (χ3n) is 3.02. The number of fused-ring (bicyclic) bond motifs is 1. The Morgan fingerprint density at radius 3 is 2.90 bits per heavy atom. The van der Waals surface area contributed by atoms with Gasteiger partial charge in [-0.15, -0.1) is 0 Å². The van der Waals surface area contributed by atoms with E-state index in [1.54, 1.807) is 42.5 Å². The van der Waals surface area contributed by atoms with Gasteiger partial charge in [0.05, 0.1) is 5.52 Å². The molecule has 0 radical (unpaired) electrons.